The first-order chi connectivity index (χ1) is 13.0. The fraction of sp³-hybridized carbons (Fsp3) is 0.714. The monoisotopic (exact) mass is 376 g/mol. The fourth-order valence-corrected chi connectivity index (χ4v) is 3.66. The number of likely N-dealkylation sites (tertiary alicyclic amines) is 1. The lowest BCUT2D eigenvalue weighted by Crippen LogP contribution is -2.50. The van der Waals surface area contributed by atoms with Crippen molar-refractivity contribution < 1.29 is 9.21 Å². The predicted octanol–water partition coefficient (Wildman–Crippen LogP) is 3.38. The molecule has 2 rings (SSSR count). The standard InChI is InChI=1S/C21H36N4O2/c1-6-17(7-2)20(26)25-11-9-19(10-12-25)24-21(22-8-3)23-14-18-13-15(4)27-16(18)5/h13,17,19H,6-12,14H2,1-5H3,(H2,22,23,24). The normalized spacial score (nSPS) is 16.1. The van der Waals surface area contributed by atoms with Gasteiger partial charge in [0.05, 0.1) is 6.54 Å². The van der Waals surface area contributed by atoms with Crippen molar-refractivity contribution in [2.24, 2.45) is 10.9 Å². The number of carbonyl (C=O) groups excluding carboxylic acids is 1. The summed E-state index contributed by atoms with van der Waals surface area (Å²) in [5.74, 6) is 3.19. The first-order valence-corrected chi connectivity index (χ1v) is 10.4. The largest absolute Gasteiger partial charge is 0.466 e. The summed E-state index contributed by atoms with van der Waals surface area (Å²) in [5, 5.41) is 6.86. The number of piperidine rings is 1. The van der Waals surface area contributed by atoms with Crippen molar-refractivity contribution in [1.29, 1.82) is 0 Å². The number of furan rings is 1. The van der Waals surface area contributed by atoms with Crippen molar-refractivity contribution >= 4 is 11.9 Å². The summed E-state index contributed by atoms with van der Waals surface area (Å²) in [7, 11) is 0. The molecule has 0 saturated carbocycles. The van der Waals surface area contributed by atoms with Crippen LogP contribution in [-0.2, 0) is 11.3 Å². The molecule has 1 aliphatic rings. The Morgan fingerprint density at radius 3 is 2.44 bits per heavy atom. The van der Waals surface area contributed by atoms with E-state index >= 15 is 0 Å². The number of hydrogen-bond acceptors (Lipinski definition) is 3. The zero-order valence-electron chi connectivity index (χ0n) is 17.6. The summed E-state index contributed by atoms with van der Waals surface area (Å²) in [6.45, 7) is 13.3. The molecular formula is C21H36N4O2. The van der Waals surface area contributed by atoms with Crippen molar-refractivity contribution in [2.45, 2.75) is 72.9 Å². The average molecular weight is 377 g/mol. The number of aliphatic imine (C=N–C) groups is 1. The topological polar surface area (TPSA) is 69.9 Å². The van der Waals surface area contributed by atoms with Gasteiger partial charge in [-0.15, -0.1) is 0 Å². The second kappa shape index (κ2) is 10.4. The van der Waals surface area contributed by atoms with Crippen molar-refractivity contribution in [3.63, 3.8) is 0 Å². The SMILES string of the molecule is CCNC(=NCc1cc(C)oc1C)NC1CCN(C(=O)C(CC)CC)CC1. The minimum atomic E-state index is 0.176. The molecule has 1 aromatic heterocycles. The first-order valence-electron chi connectivity index (χ1n) is 10.4. The second-order valence-corrected chi connectivity index (χ2v) is 7.39. The molecule has 1 fully saturated rings. The first kappa shape index (κ1) is 21.3. The van der Waals surface area contributed by atoms with Crippen molar-refractivity contribution in [2.75, 3.05) is 19.6 Å². The van der Waals surface area contributed by atoms with E-state index in [9.17, 15) is 4.79 Å². The van der Waals surface area contributed by atoms with Crippen LogP contribution in [0.4, 0.5) is 0 Å². The van der Waals surface area contributed by atoms with E-state index in [4.69, 9.17) is 9.41 Å². The van der Waals surface area contributed by atoms with Crippen LogP contribution in [0.5, 0.6) is 0 Å². The van der Waals surface area contributed by atoms with E-state index in [1.54, 1.807) is 0 Å². The molecule has 0 bridgehead atoms. The highest BCUT2D eigenvalue weighted by molar-refractivity contribution is 5.80. The number of carbonyl (C=O) groups is 1. The van der Waals surface area contributed by atoms with Gasteiger partial charge in [-0.1, -0.05) is 13.8 Å². The highest BCUT2D eigenvalue weighted by Crippen LogP contribution is 2.18. The maximum Gasteiger partial charge on any atom is 0.225 e. The van der Waals surface area contributed by atoms with E-state index < -0.39 is 0 Å². The van der Waals surface area contributed by atoms with E-state index in [0.29, 0.717) is 18.5 Å². The maximum atomic E-state index is 12.5. The van der Waals surface area contributed by atoms with Crippen LogP contribution in [0.3, 0.4) is 0 Å². The zero-order chi connectivity index (χ0) is 19.8. The van der Waals surface area contributed by atoms with Gasteiger partial charge < -0.3 is 20.0 Å². The van der Waals surface area contributed by atoms with Gasteiger partial charge in [0.25, 0.3) is 0 Å². The van der Waals surface area contributed by atoms with Gasteiger partial charge >= 0.3 is 0 Å². The lowest BCUT2D eigenvalue weighted by molar-refractivity contribution is -0.136. The van der Waals surface area contributed by atoms with Gasteiger partial charge in [-0.05, 0) is 52.5 Å². The summed E-state index contributed by atoms with van der Waals surface area (Å²) >= 11 is 0. The van der Waals surface area contributed by atoms with Gasteiger partial charge in [0.2, 0.25) is 5.91 Å². The highest BCUT2D eigenvalue weighted by atomic mass is 16.3. The maximum absolute atomic E-state index is 12.5. The lowest BCUT2D eigenvalue weighted by atomic mass is 9.98. The average Bonchev–Trinajstić information content (AvgIpc) is 2.98. The number of nitrogens with one attached hydrogen (secondary N) is 2. The highest BCUT2D eigenvalue weighted by Gasteiger charge is 2.26. The third-order valence-corrected chi connectivity index (χ3v) is 5.38. The number of nitrogens with zero attached hydrogens (tertiary/aromatic N) is 2. The van der Waals surface area contributed by atoms with Gasteiger partial charge in [0.1, 0.15) is 11.5 Å². The Bertz CT molecular complexity index is 626. The molecular weight excluding hydrogens is 340 g/mol. The van der Waals surface area contributed by atoms with Crippen LogP contribution in [0, 0.1) is 19.8 Å². The molecule has 2 N–H and O–H groups in total. The minimum Gasteiger partial charge on any atom is -0.466 e. The molecule has 6 nitrogen and oxygen atoms in total. The summed E-state index contributed by atoms with van der Waals surface area (Å²) < 4.78 is 5.58. The zero-order valence-corrected chi connectivity index (χ0v) is 17.6. The van der Waals surface area contributed by atoms with Gasteiger partial charge in [0, 0.05) is 37.2 Å². The van der Waals surface area contributed by atoms with E-state index in [-0.39, 0.29) is 5.92 Å². The summed E-state index contributed by atoms with van der Waals surface area (Å²) in [6.07, 6.45) is 3.77. The number of rotatable bonds is 7. The molecule has 0 unspecified atom stereocenters. The third kappa shape index (κ3) is 6.01. The molecule has 152 valence electrons. The van der Waals surface area contributed by atoms with Crippen LogP contribution >= 0.6 is 0 Å². The Morgan fingerprint density at radius 1 is 1.26 bits per heavy atom. The molecule has 0 radical (unpaired) electrons. The fourth-order valence-electron chi connectivity index (χ4n) is 3.66. The Labute approximate surface area is 163 Å². The smallest absolute Gasteiger partial charge is 0.225 e. The van der Waals surface area contributed by atoms with Crippen LogP contribution < -0.4 is 10.6 Å². The molecule has 2 heterocycles. The van der Waals surface area contributed by atoms with Crippen molar-refractivity contribution in [3.8, 4) is 0 Å². The molecule has 6 heteroatoms. The van der Waals surface area contributed by atoms with Crippen molar-refractivity contribution in [1.82, 2.24) is 15.5 Å². The third-order valence-electron chi connectivity index (χ3n) is 5.38. The van der Waals surface area contributed by atoms with Gasteiger partial charge in [0.15, 0.2) is 5.96 Å². The van der Waals surface area contributed by atoms with Crippen LogP contribution in [-0.4, -0.2) is 42.4 Å². The lowest BCUT2D eigenvalue weighted by Gasteiger charge is -2.34. The number of aryl methyl sites for hydroxylation is 2. The van der Waals surface area contributed by atoms with Crippen LogP contribution in [0.1, 0.15) is 63.5 Å². The molecule has 1 aromatic rings. The number of amides is 1. The molecule has 0 aromatic carbocycles. The molecule has 1 saturated heterocycles. The van der Waals surface area contributed by atoms with Gasteiger partial charge in [-0.2, -0.15) is 0 Å². The van der Waals surface area contributed by atoms with E-state index in [1.165, 1.54) is 0 Å². The Balaban J connectivity index is 1.89. The Morgan fingerprint density at radius 2 is 1.93 bits per heavy atom. The number of guanidine groups is 1. The number of hydrogen-bond donors (Lipinski definition) is 2. The van der Waals surface area contributed by atoms with E-state index in [1.807, 2.05) is 24.8 Å². The van der Waals surface area contributed by atoms with Crippen LogP contribution in [0.25, 0.3) is 0 Å². The second-order valence-electron chi connectivity index (χ2n) is 7.39. The van der Waals surface area contributed by atoms with Crippen molar-refractivity contribution in [3.05, 3.63) is 23.2 Å². The Kier molecular flexibility index (Phi) is 8.20. The van der Waals surface area contributed by atoms with Gasteiger partial charge in [-0.25, -0.2) is 4.99 Å². The summed E-state index contributed by atoms with van der Waals surface area (Å²) in [6, 6.07) is 2.39. The van der Waals surface area contributed by atoms with Crippen LogP contribution in [0.15, 0.2) is 15.5 Å². The molecule has 1 amide bonds. The molecule has 0 aliphatic carbocycles. The molecule has 0 atom stereocenters. The summed E-state index contributed by atoms with van der Waals surface area (Å²) in [4.78, 5) is 19.3. The Hall–Kier alpha value is -1.98. The van der Waals surface area contributed by atoms with E-state index in [2.05, 4.69) is 31.4 Å². The van der Waals surface area contributed by atoms with Crippen LogP contribution in [0.2, 0.25) is 0 Å². The minimum absolute atomic E-state index is 0.176. The van der Waals surface area contributed by atoms with Gasteiger partial charge in [-0.3, -0.25) is 4.79 Å². The summed E-state index contributed by atoms with van der Waals surface area (Å²) in [5.41, 5.74) is 1.12. The molecule has 0 spiro atoms. The quantitative estimate of drug-likeness (QED) is 0.565. The predicted molar refractivity (Wildman–Crippen MR) is 110 cm³/mol. The molecule has 27 heavy (non-hydrogen) atoms. The molecule has 1 aliphatic heterocycles. The van der Waals surface area contributed by atoms with E-state index in [0.717, 1.165) is 68.4 Å².